The zero-order valence-electron chi connectivity index (χ0n) is 13.7. The van der Waals surface area contributed by atoms with Crippen molar-refractivity contribution in [3.8, 4) is 0 Å². The minimum atomic E-state index is -1.97. The normalized spacial score (nSPS) is 30.9. The van der Waals surface area contributed by atoms with E-state index in [9.17, 15) is 4.79 Å². The molecule has 25 heavy (non-hydrogen) atoms. The van der Waals surface area contributed by atoms with Crippen LogP contribution in [0.3, 0.4) is 0 Å². The van der Waals surface area contributed by atoms with Gasteiger partial charge >= 0.3 is 5.30 Å². The van der Waals surface area contributed by atoms with E-state index in [0.29, 0.717) is 0 Å². The number of carbonyl (C=O) groups excluding carboxylic acids is 1. The maximum atomic E-state index is 13.2. The van der Waals surface area contributed by atoms with E-state index in [1.54, 1.807) is 0 Å². The van der Waals surface area contributed by atoms with Crippen LogP contribution in [0.4, 0.5) is 4.79 Å². The largest absolute Gasteiger partial charge is 0.388 e. The van der Waals surface area contributed by atoms with Crippen LogP contribution >= 0.6 is 46.8 Å². The molecule has 0 bridgehead atoms. The van der Waals surface area contributed by atoms with Gasteiger partial charge in [-0.15, -0.1) is 0 Å². The van der Waals surface area contributed by atoms with Crippen LogP contribution in [-0.4, -0.2) is 5.30 Å². The maximum absolute atomic E-state index is 13.2. The first-order valence-corrected chi connectivity index (χ1v) is 14.7. The van der Waals surface area contributed by atoms with Crippen LogP contribution in [0.15, 0.2) is 57.0 Å². The molecule has 0 fully saturated rings. The summed E-state index contributed by atoms with van der Waals surface area (Å²) in [5.41, 5.74) is 4.46. The second kappa shape index (κ2) is 6.05. The van der Waals surface area contributed by atoms with Crippen LogP contribution in [0.2, 0.25) is 0 Å². The van der Waals surface area contributed by atoms with Crippen molar-refractivity contribution < 1.29 is 8.98 Å². The van der Waals surface area contributed by atoms with Crippen LogP contribution < -0.4 is 0 Å². The highest BCUT2D eigenvalue weighted by Crippen LogP contribution is 2.76. The number of hydrogen-bond acceptors (Lipinski definition) is 2. The zero-order chi connectivity index (χ0) is 17.8. The first-order chi connectivity index (χ1) is 11.8. The van der Waals surface area contributed by atoms with Gasteiger partial charge in [-0.05, 0) is 89.1 Å². The minimum Gasteiger partial charge on any atom is -0.388 e. The minimum absolute atomic E-state index is 0.223. The molecular formula is C19H16Br2O2S2. The summed E-state index contributed by atoms with van der Waals surface area (Å²) in [6, 6.07) is 12.4. The highest BCUT2D eigenvalue weighted by Gasteiger charge is 2.41. The summed E-state index contributed by atoms with van der Waals surface area (Å²) in [5.74, 6) is 0. The van der Waals surface area contributed by atoms with Gasteiger partial charge in [0.2, 0.25) is 0 Å². The number of fused-ring (bicyclic) bond motifs is 2. The van der Waals surface area contributed by atoms with Crippen molar-refractivity contribution in [3.05, 3.63) is 69.5 Å². The first-order valence-electron chi connectivity index (χ1n) is 7.69. The van der Waals surface area contributed by atoms with Crippen molar-refractivity contribution in [3.63, 3.8) is 0 Å². The molecule has 2 unspecified atom stereocenters. The highest BCUT2D eigenvalue weighted by molar-refractivity contribution is 9.61. The predicted octanol–water partition coefficient (Wildman–Crippen LogP) is 7.97. The molecule has 2 aliphatic rings. The molecule has 0 amide bonds. The molecule has 0 saturated carbocycles. The lowest BCUT2D eigenvalue weighted by Gasteiger charge is -2.33. The Morgan fingerprint density at radius 1 is 0.880 bits per heavy atom. The molecule has 6 heteroatoms. The molecular weight excluding hydrogens is 484 g/mol. The van der Waals surface area contributed by atoms with Gasteiger partial charge in [-0.1, -0.05) is 24.3 Å². The third kappa shape index (κ3) is 2.83. The second-order valence-corrected chi connectivity index (χ2v) is 16.2. The van der Waals surface area contributed by atoms with Gasteiger partial charge in [0.05, 0.1) is 0 Å². The summed E-state index contributed by atoms with van der Waals surface area (Å²) >= 11 is 7.45. The molecule has 2 aromatic carbocycles. The Hall–Kier alpha value is -0.950. The van der Waals surface area contributed by atoms with E-state index < -0.39 is 17.2 Å². The maximum Gasteiger partial charge on any atom is 0.378 e. The average Bonchev–Trinajstić information content (AvgIpc) is 3.07. The van der Waals surface area contributed by atoms with E-state index >= 15 is 0 Å². The van der Waals surface area contributed by atoms with Crippen LogP contribution in [-0.2, 0) is 4.18 Å². The van der Waals surface area contributed by atoms with E-state index in [1.165, 1.54) is 0 Å². The Balaban J connectivity index is 1.69. The number of rotatable bonds is 1. The van der Waals surface area contributed by atoms with Gasteiger partial charge in [-0.25, -0.2) is 4.79 Å². The number of benzene rings is 2. The Labute approximate surface area is 165 Å². The first kappa shape index (κ1) is 17.5. The molecule has 2 heterocycles. The van der Waals surface area contributed by atoms with Gasteiger partial charge in [0.25, 0.3) is 0 Å². The molecule has 0 radical (unpaired) electrons. The van der Waals surface area contributed by atoms with Gasteiger partial charge in [-0.3, -0.25) is 0 Å². The quantitative estimate of drug-likeness (QED) is 0.397. The van der Waals surface area contributed by atoms with Gasteiger partial charge in [-0.2, -0.15) is 0 Å². The van der Waals surface area contributed by atoms with Crippen molar-refractivity contribution in [2.45, 2.75) is 23.6 Å². The van der Waals surface area contributed by atoms with Crippen LogP contribution in [0.1, 0.15) is 22.3 Å². The SMILES string of the molecule is Cc1ccc2c(c1)S(Br)(OC(=O)S1(Br)C=Cc3ccc(C)cc31)C=C2. The monoisotopic (exact) mass is 498 g/mol. The molecule has 0 aliphatic carbocycles. The van der Waals surface area contributed by atoms with Crippen LogP contribution in [0.25, 0.3) is 12.2 Å². The lowest BCUT2D eigenvalue weighted by molar-refractivity contribution is 0.233. The lowest BCUT2D eigenvalue weighted by Crippen LogP contribution is -2.08. The van der Waals surface area contributed by atoms with E-state index in [2.05, 4.69) is 66.0 Å². The van der Waals surface area contributed by atoms with E-state index in [4.69, 9.17) is 4.18 Å². The van der Waals surface area contributed by atoms with Gasteiger partial charge in [0.15, 0.2) is 0 Å². The van der Waals surface area contributed by atoms with Crippen molar-refractivity contribution >= 4 is 64.3 Å². The molecule has 0 spiro atoms. The van der Waals surface area contributed by atoms with Crippen molar-refractivity contribution in [1.29, 1.82) is 0 Å². The fourth-order valence-electron chi connectivity index (χ4n) is 2.90. The molecule has 0 saturated heterocycles. The molecule has 4 rings (SSSR count). The van der Waals surface area contributed by atoms with E-state index in [0.717, 1.165) is 32.0 Å². The summed E-state index contributed by atoms with van der Waals surface area (Å²) in [5, 5.41) is 3.70. The van der Waals surface area contributed by atoms with Gasteiger partial charge < -0.3 is 4.18 Å². The Kier molecular flexibility index (Phi) is 4.22. The Morgan fingerprint density at radius 3 is 2.12 bits per heavy atom. The Bertz CT molecular complexity index is 970. The van der Waals surface area contributed by atoms with Crippen molar-refractivity contribution in [2.24, 2.45) is 0 Å². The van der Waals surface area contributed by atoms with Crippen molar-refractivity contribution in [2.75, 3.05) is 0 Å². The summed E-state index contributed by atoms with van der Waals surface area (Å²) in [4.78, 5) is 15.2. The number of halogens is 2. The summed E-state index contributed by atoms with van der Waals surface area (Å²) < 4.78 is 6.08. The number of aryl methyl sites for hydroxylation is 2. The van der Waals surface area contributed by atoms with Crippen LogP contribution in [0.5, 0.6) is 0 Å². The molecule has 2 nitrogen and oxygen atoms in total. The fourth-order valence-corrected chi connectivity index (χ4v) is 10.3. The zero-order valence-corrected chi connectivity index (χ0v) is 18.5. The molecule has 2 atom stereocenters. The smallest absolute Gasteiger partial charge is 0.378 e. The summed E-state index contributed by atoms with van der Waals surface area (Å²) in [7, 11) is -3.91. The van der Waals surface area contributed by atoms with Crippen LogP contribution in [0, 0.1) is 13.8 Å². The highest BCUT2D eigenvalue weighted by atomic mass is 79.9. The standard InChI is InChI=1S/C19H16Br2O2S2/c1-13-3-5-15-7-9-24(20,17(15)11-13)19(22)23-25(21)10-8-16-6-4-14(2)12-18(16)25/h3-12H,1-2H3. The fraction of sp³-hybridized carbons (Fsp3) is 0.105. The molecule has 2 aliphatic heterocycles. The van der Waals surface area contributed by atoms with Gasteiger partial charge in [0.1, 0.15) is 0 Å². The van der Waals surface area contributed by atoms with E-state index in [1.807, 2.05) is 36.8 Å². The molecule has 130 valence electrons. The summed E-state index contributed by atoms with van der Waals surface area (Å²) in [6.07, 6.45) is 4.02. The van der Waals surface area contributed by atoms with Crippen molar-refractivity contribution in [1.82, 2.24) is 0 Å². The number of carbonyl (C=O) groups is 1. The molecule has 0 aromatic heterocycles. The van der Waals surface area contributed by atoms with Gasteiger partial charge in [0, 0.05) is 38.8 Å². The molecule has 0 N–H and O–H groups in total. The third-order valence-corrected chi connectivity index (χ3v) is 12.8. The Morgan fingerprint density at radius 2 is 1.44 bits per heavy atom. The topological polar surface area (TPSA) is 26.3 Å². The number of hydrogen-bond donors (Lipinski definition) is 0. The average molecular weight is 500 g/mol. The van der Waals surface area contributed by atoms with E-state index in [-0.39, 0.29) is 5.30 Å². The predicted molar refractivity (Wildman–Crippen MR) is 116 cm³/mol. The lowest BCUT2D eigenvalue weighted by atomic mass is 10.1. The summed E-state index contributed by atoms with van der Waals surface area (Å²) in [6.45, 7) is 4.08. The third-order valence-electron chi connectivity index (χ3n) is 4.25. The second-order valence-electron chi connectivity index (χ2n) is 6.13. The molecule has 2 aromatic rings.